The number of non-ortho nitro benzene ring substituents is 1. The van der Waals surface area contributed by atoms with Gasteiger partial charge in [0.15, 0.2) is 14.7 Å². The molecule has 6 nitrogen and oxygen atoms in total. The van der Waals surface area contributed by atoms with E-state index in [1.54, 1.807) is 26.0 Å². The first-order chi connectivity index (χ1) is 17.8. The minimum absolute atomic E-state index is 0.00955. The van der Waals surface area contributed by atoms with E-state index in [0.29, 0.717) is 11.3 Å². The lowest BCUT2D eigenvalue weighted by Crippen LogP contribution is -2.26. The van der Waals surface area contributed by atoms with Gasteiger partial charge in [-0.25, -0.2) is 0 Å². The van der Waals surface area contributed by atoms with Crippen molar-refractivity contribution >= 4 is 22.6 Å². The molecule has 0 bridgehead atoms. The van der Waals surface area contributed by atoms with Gasteiger partial charge in [0.05, 0.1) is 28.8 Å². The maximum absolute atomic E-state index is 12.4. The summed E-state index contributed by atoms with van der Waals surface area (Å²) in [7, 11) is -0.237. The first-order valence-electron chi connectivity index (χ1n) is 11.9. The smallest absolute Gasteiger partial charge is 0.310 e. The van der Waals surface area contributed by atoms with Gasteiger partial charge in [0.2, 0.25) is 0 Å². The maximum Gasteiger partial charge on any atom is 0.310 e. The number of carbonyl (C=O) groups is 1. The summed E-state index contributed by atoms with van der Waals surface area (Å²) in [6.07, 6.45) is 0.0799. The van der Waals surface area contributed by atoms with Crippen molar-refractivity contribution in [2.75, 3.05) is 6.61 Å². The minimum atomic E-state index is -0.918. The van der Waals surface area contributed by atoms with Gasteiger partial charge < -0.3 is 9.47 Å². The predicted octanol–water partition coefficient (Wildman–Crippen LogP) is 6.94. The molecule has 0 fully saturated rings. The van der Waals surface area contributed by atoms with Crippen molar-refractivity contribution in [3.05, 3.63) is 125 Å². The van der Waals surface area contributed by atoms with Crippen molar-refractivity contribution in [1.82, 2.24) is 0 Å². The largest absolute Gasteiger partial charge is 0.493 e. The summed E-state index contributed by atoms with van der Waals surface area (Å²) in [6, 6.07) is 34.8. The van der Waals surface area contributed by atoms with Crippen molar-refractivity contribution in [2.45, 2.75) is 40.6 Å². The Hall–Kier alpha value is -4.10. The lowest BCUT2D eigenvalue weighted by atomic mass is 9.98. The van der Waals surface area contributed by atoms with Crippen LogP contribution >= 0.6 is 0 Å². The van der Waals surface area contributed by atoms with Crippen molar-refractivity contribution in [2.24, 2.45) is 0 Å². The summed E-state index contributed by atoms with van der Waals surface area (Å²) in [5.74, 6) is 0.269. The highest BCUT2D eigenvalue weighted by Crippen LogP contribution is 2.32. The van der Waals surface area contributed by atoms with Crippen LogP contribution in [-0.4, -0.2) is 17.5 Å². The van der Waals surface area contributed by atoms with E-state index in [2.05, 4.69) is 60.7 Å². The molecule has 0 aliphatic carbocycles. The molecule has 37 heavy (non-hydrogen) atoms. The molecule has 4 rings (SSSR count). The number of nitro benzene ring substituents is 1. The van der Waals surface area contributed by atoms with Crippen LogP contribution < -0.4 is 4.74 Å². The van der Waals surface area contributed by atoms with E-state index in [0.717, 1.165) is 0 Å². The summed E-state index contributed by atoms with van der Waals surface area (Å²) < 4.78 is 11.4. The van der Waals surface area contributed by atoms with Gasteiger partial charge in [-0.15, -0.1) is 0 Å². The Morgan fingerprint density at radius 2 is 1.30 bits per heavy atom. The van der Waals surface area contributed by atoms with Gasteiger partial charge in [-0.3, -0.25) is 14.9 Å². The molecule has 0 saturated heterocycles. The topological polar surface area (TPSA) is 78.7 Å². The quantitative estimate of drug-likeness (QED) is 0.0991. The molecule has 0 N–H and O–H groups in total. The zero-order valence-corrected chi connectivity index (χ0v) is 21.5. The fraction of sp³-hybridized carbons (Fsp3) is 0.167. The highest BCUT2D eigenvalue weighted by molar-refractivity contribution is 7.97. The second-order valence-electron chi connectivity index (χ2n) is 8.79. The Morgan fingerprint density at radius 3 is 1.81 bits per heavy atom. The molecule has 0 aliphatic heterocycles. The van der Waals surface area contributed by atoms with Crippen LogP contribution in [0, 0.1) is 10.1 Å². The number of nitro groups is 1. The monoisotopic (exact) mass is 514 g/mol. The summed E-state index contributed by atoms with van der Waals surface area (Å²) >= 11 is 0. The van der Waals surface area contributed by atoms with Crippen molar-refractivity contribution < 1.29 is 19.2 Å². The van der Waals surface area contributed by atoms with Gasteiger partial charge in [-0.2, -0.15) is 0 Å². The van der Waals surface area contributed by atoms with Gasteiger partial charge in [0.25, 0.3) is 5.69 Å². The van der Waals surface area contributed by atoms with Crippen LogP contribution in [-0.2, 0) is 26.0 Å². The van der Waals surface area contributed by atoms with Crippen LogP contribution in [0.4, 0.5) is 5.69 Å². The van der Waals surface area contributed by atoms with E-state index < -0.39 is 16.5 Å². The lowest BCUT2D eigenvalue weighted by molar-refractivity contribution is -0.384. The second kappa shape index (κ2) is 11.8. The average molecular weight is 515 g/mol. The Kier molecular flexibility index (Phi) is 8.25. The fourth-order valence-electron chi connectivity index (χ4n) is 3.82. The summed E-state index contributed by atoms with van der Waals surface area (Å²) in [5.41, 5.74) is -0.251. The Morgan fingerprint density at radius 1 is 0.784 bits per heavy atom. The van der Waals surface area contributed by atoms with Crippen molar-refractivity contribution in [3.63, 3.8) is 0 Å². The third-order valence-corrected chi connectivity index (χ3v) is 7.97. The molecule has 0 spiro atoms. The molecule has 0 radical (unpaired) electrons. The molecule has 0 heterocycles. The lowest BCUT2D eigenvalue weighted by Gasteiger charge is -2.25. The Labute approximate surface area is 219 Å². The van der Waals surface area contributed by atoms with Gasteiger partial charge in [-0.1, -0.05) is 36.4 Å². The SMILES string of the molecule is CC(C)(OC(=O)CCOc1ccc([S+](c2ccccc2)c2ccccc2)cc1)c1ccc([N+](=O)[O-])cc1. The molecule has 4 aromatic rings. The number of nitrogens with zero attached hydrogens (tertiary/aromatic N) is 1. The first kappa shape index (κ1) is 26.0. The van der Waals surface area contributed by atoms with Crippen molar-refractivity contribution in [3.8, 4) is 5.75 Å². The van der Waals surface area contributed by atoms with Crippen molar-refractivity contribution in [1.29, 1.82) is 0 Å². The second-order valence-corrected chi connectivity index (χ2v) is 10.8. The Balaban J connectivity index is 1.35. The van der Waals surface area contributed by atoms with E-state index in [9.17, 15) is 14.9 Å². The van der Waals surface area contributed by atoms with E-state index in [1.165, 1.54) is 26.8 Å². The Bertz CT molecular complexity index is 1280. The van der Waals surface area contributed by atoms with E-state index in [1.807, 2.05) is 24.3 Å². The fourth-order valence-corrected chi connectivity index (χ4v) is 5.91. The van der Waals surface area contributed by atoms with E-state index in [-0.39, 0.29) is 29.6 Å². The maximum atomic E-state index is 12.4. The molecule has 188 valence electrons. The summed E-state index contributed by atoms with van der Waals surface area (Å²) in [6.45, 7) is 3.68. The third-order valence-electron chi connectivity index (χ3n) is 5.73. The highest BCUT2D eigenvalue weighted by Gasteiger charge is 2.28. The number of carbonyl (C=O) groups excluding carboxylic acids is 1. The van der Waals surface area contributed by atoms with Gasteiger partial charge in [0.1, 0.15) is 11.4 Å². The average Bonchev–Trinajstić information content (AvgIpc) is 2.91. The molecule has 0 amide bonds. The summed E-state index contributed by atoms with van der Waals surface area (Å²) in [4.78, 5) is 26.5. The number of benzene rings is 4. The minimum Gasteiger partial charge on any atom is -0.493 e. The normalized spacial score (nSPS) is 11.2. The molecule has 0 aliphatic rings. The highest BCUT2D eigenvalue weighted by atomic mass is 32.2. The molecular formula is C30H28NO5S+. The van der Waals surface area contributed by atoms with Crippen LogP contribution in [0.2, 0.25) is 0 Å². The number of ether oxygens (including phenoxy) is 2. The molecule has 0 atom stereocenters. The van der Waals surface area contributed by atoms with E-state index >= 15 is 0 Å². The van der Waals surface area contributed by atoms with Crippen LogP contribution in [0.1, 0.15) is 25.8 Å². The number of hydrogen-bond acceptors (Lipinski definition) is 5. The molecule has 7 heteroatoms. The molecular weight excluding hydrogens is 486 g/mol. The van der Waals surface area contributed by atoms with E-state index in [4.69, 9.17) is 9.47 Å². The third kappa shape index (κ3) is 6.77. The predicted molar refractivity (Wildman–Crippen MR) is 144 cm³/mol. The molecule has 0 unspecified atom stereocenters. The van der Waals surface area contributed by atoms with Gasteiger partial charge in [0, 0.05) is 12.1 Å². The van der Waals surface area contributed by atoms with Crippen LogP contribution in [0.25, 0.3) is 0 Å². The number of esters is 1. The number of hydrogen-bond donors (Lipinski definition) is 0. The van der Waals surface area contributed by atoms with Crippen LogP contribution in [0.15, 0.2) is 124 Å². The van der Waals surface area contributed by atoms with Gasteiger partial charge >= 0.3 is 5.97 Å². The van der Waals surface area contributed by atoms with Crippen LogP contribution in [0.5, 0.6) is 5.75 Å². The molecule has 4 aromatic carbocycles. The zero-order chi connectivity index (χ0) is 26.3. The number of rotatable bonds is 10. The van der Waals surface area contributed by atoms with Crippen LogP contribution in [0.3, 0.4) is 0 Å². The molecule has 0 saturated carbocycles. The van der Waals surface area contributed by atoms with Gasteiger partial charge in [-0.05, 0) is 80.1 Å². The zero-order valence-electron chi connectivity index (χ0n) is 20.7. The molecule has 0 aromatic heterocycles. The first-order valence-corrected chi connectivity index (χ1v) is 13.1. The standard InChI is InChI=1S/C30H28NO5S/c1-30(2,23-13-15-24(16-14-23)31(33)34)36-29(32)21-22-35-25-17-19-28(20-18-25)37(26-9-5-3-6-10-26)27-11-7-4-8-12-27/h3-20H,21-22H2,1-2H3/q+1. The summed E-state index contributed by atoms with van der Waals surface area (Å²) in [5, 5.41) is 10.9.